The van der Waals surface area contributed by atoms with Crippen LogP contribution < -0.4 is 0 Å². The third kappa shape index (κ3) is 2.87. The Morgan fingerprint density at radius 2 is 2.17 bits per heavy atom. The summed E-state index contributed by atoms with van der Waals surface area (Å²) in [6.07, 6.45) is 3.19. The second kappa shape index (κ2) is 5.76. The largest absolute Gasteiger partial charge is 0.383 e. The molecular formula is C14H19NO2S. The lowest BCUT2D eigenvalue weighted by Crippen LogP contribution is -2.34. The Balaban J connectivity index is 2.01. The second-order valence-electron chi connectivity index (χ2n) is 4.71. The summed E-state index contributed by atoms with van der Waals surface area (Å²) in [5.74, 6) is 0.996. The van der Waals surface area contributed by atoms with E-state index in [9.17, 15) is 9.90 Å². The summed E-state index contributed by atoms with van der Waals surface area (Å²) < 4.78 is 0. The maximum Gasteiger partial charge on any atom is 0.223 e. The van der Waals surface area contributed by atoms with Crippen LogP contribution in [0.5, 0.6) is 0 Å². The molecule has 1 aromatic carbocycles. The molecule has 1 aliphatic rings. The molecule has 0 aliphatic carbocycles. The third-order valence-corrected chi connectivity index (χ3v) is 4.04. The standard InChI is InChI=1S/C14H19NO2S/c1-18-10-7-13(16)15-9-8-14(17,11-15)12-5-3-2-4-6-12/h2-6,17H,7-11H2,1H3/t14-/m1/s1. The molecule has 1 aliphatic heterocycles. The van der Waals surface area contributed by atoms with Gasteiger partial charge in [0, 0.05) is 18.7 Å². The van der Waals surface area contributed by atoms with Crippen LogP contribution in [-0.2, 0) is 10.4 Å². The number of likely N-dealkylation sites (tertiary alicyclic amines) is 1. The van der Waals surface area contributed by atoms with E-state index in [1.807, 2.05) is 36.6 Å². The maximum atomic E-state index is 11.9. The predicted molar refractivity (Wildman–Crippen MR) is 74.5 cm³/mol. The van der Waals surface area contributed by atoms with Crippen LogP contribution in [0.1, 0.15) is 18.4 Å². The zero-order chi connectivity index (χ0) is 13.0. The molecule has 1 fully saturated rings. The van der Waals surface area contributed by atoms with Crippen molar-refractivity contribution < 1.29 is 9.90 Å². The van der Waals surface area contributed by atoms with Crippen LogP contribution in [-0.4, -0.2) is 41.0 Å². The number of benzene rings is 1. The number of nitrogens with zero attached hydrogens (tertiary/aromatic N) is 1. The molecule has 1 heterocycles. The highest BCUT2D eigenvalue weighted by Gasteiger charge is 2.39. The smallest absolute Gasteiger partial charge is 0.223 e. The van der Waals surface area contributed by atoms with E-state index in [0.29, 0.717) is 25.9 Å². The first-order valence-electron chi connectivity index (χ1n) is 6.20. The topological polar surface area (TPSA) is 40.5 Å². The van der Waals surface area contributed by atoms with Gasteiger partial charge in [0.1, 0.15) is 5.60 Å². The highest BCUT2D eigenvalue weighted by molar-refractivity contribution is 7.98. The molecule has 1 saturated heterocycles. The van der Waals surface area contributed by atoms with E-state index in [-0.39, 0.29) is 5.91 Å². The lowest BCUT2D eigenvalue weighted by atomic mass is 9.93. The van der Waals surface area contributed by atoms with Gasteiger partial charge in [0.15, 0.2) is 0 Å². The minimum absolute atomic E-state index is 0.149. The number of β-amino-alcohol motifs (C(OH)–C–C–N with tert-alkyl or cyclic N) is 1. The summed E-state index contributed by atoms with van der Waals surface area (Å²) in [5, 5.41) is 10.6. The van der Waals surface area contributed by atoms with E-state index >= 15 is 0 Å². The molecule has 98 valence electrons. The quantitative estimate of drug-likeness (QED) is 0.903. The van der Waals surface area contributed by atoms with Gasteiger partial charge in [-0.15, -0.1) is 0 Å². The highest BCUT2D eigenvalue weighted by Crippen LogP contribution is 2.31. The van der Waals surface area contributed by atoms with E-state index in [1.54, 1.807) is 16.7 Å². The van der Waals surface area contributed by atoms with Crippen molar-refractivity contribution in [2.45, 2.75) is 18.4 Å². The maximum absolute atomic E-state index is 11.9. The average Bonchev–Trinajstić information content (AvgIpc) is 2.81. The highest BCUT2D eigenvalue weighted by atomic mass is 32.2. The third-order valence-electron chi connectivity index (χ3n) is 3.43. The van der Waals surface area contributed by atoms with Crippen molar-refractivity contribution in [3.63, 3.8) is 0 Å². The van der Waals surface area contributed by atoms with Crippen LogP contribution in [0.3, 0.4) is 0 Å². The summed E-state index contributed by atoms with van der Waals surface area (Å²) in [5.41, 5.74) is 0.0428. The van der Waals surface area contributed by atoms with Crippen LogP contribution in [0.2, 0.25) is 0 Å². The van der Waals surface area contributed by atoms with Gasteiger partial charge < -0.3 is 10.0 Å². The van der Waals surface area contributed by atoms with Crippen molar-refractivity contribution >= 4 is 17.7 Å². The summed E-state index contributed by atoms with van der Waals surface area (Å²) in [6.45, 7) is 1.07. The number of rotatable bonds is 4. The molecule has 0 radical (unpaired) electrons. The van der Waals surface area contributed by atoms with E-state index in [2.05, 4.69) is 0 Å². The molecule has 0 saturated carbocycles. The number of amides is 1. The van der Waals surface area contributed by atoms with Crippen molar-refractivity contribution in [2.75, 3.05) is 25.1 Å². The van der Waals surface area contributed by atoms with Crippen LogP contribution in [0.25, 0.3) is 0 Å². The fourth-order valence-corrected chi connectivity index (χ4v) is 2.72. The Morgan fingerprint density at radius 3 is 2.83 bits per heavy atom. The average molecular weight is 265 g/mol. The zero-order valence-electron chi connectivity index (χ0n) is 10.6. The number of hydrogen-bond acceptors (Lipinski definition) is 3. The van der Waals surface area contributed by atoms with Crippen molar-refractivity contribution in [1.82, 2.24) is 4.90 Å². The van der Waals surface area contributed by atoms with Gasteiger partial charge in [0.05, 0.1) is 6.54 Å². The molecule has 0 bridgehead atoms. The Hall–Kier alpha value is -1.00. The minimum atomic E-state index is -0.865. The summed E-state index contributed by atoms with van der Waals surface area (Å²) in [4.78, 5) is 13.7. The van der Waals surface area contributed by atoms with Crippen LogP contribution in [0, 0.1) is 0 Å². The first-order valence-corrected chi connectivity index (χ1v) is 7.60. The lowest BCUT2D eigenvalue weighted by Gasteiger charge is -2.24. The SMILES string of the molecule is CSCCC(=O)N1CC[C@](O)(c2ccccc2)C1. The van der Waals surface area contributed by atoms with Gasteiger partial charge in [-0.2, -0.15) is 11.8 Å². The van der Waals surface area contributed by atoms with Gasteiger partial charge in [-0.05, 0) is 18.2 Å². The Kier molecular flexibility index (Phi) is 4.30. The van der Waals surface area contributed by atoms with Crippen molar-refractivity contribution in [3.05, 3.63) is 35.9 Å². The van der Waals surface area contributed by atoms with E-state index in [4.69, 9.17) is 0 Å². The first kappa shape index (κ1) is 13.4. The Bertz CT molecular complexity index is 410. The van der Waals surface area contributed by atoms with Gasteiger partial charge in [-0.1, -0.05) is 30.3 Å². The second-order valence-corrected chi connectivity index (χ2v) is 5.69. The number of aliphatic hydroxyl groups is 1. The van der Waals surface area contributed by atoms with Gasteiger partial charge >= 0.3 is 0 Å². The Labute approximate surface area is 112 Å². The fraction of sp³-hybridized carbons (Fsp3) is 0.500. The van der Waals surface area contributed by atoms with E-state index in [1.165, 1.54) is 0 Å². The Morgan fingerprint density at radius 1 is 1.44 bits per heavy atom. The van der Waals surface area contributed by atoms with Crippen molar-refractivity contribution in [1.29, 1.82) is 0 Å². The van der Waals surface area contributed by atoms with Crippen LogP contribution in [0.15, 0.2) is 30.3 Å². The summed E-state index contributed by atoms with van der Waals surface area (Å²) >= 11 is 1.68. The van der Waals surface area contributed by atoms with E-state index in [0.717, 1.165) is 11.3 Å². The monoisotopic (exact) mass is 265 g/mol. The summed E-state index contributed by atoms with van der Waals surface area (Å²) in [6, 6.07) is 9.63. The zero-order valence-corrected chi connectivity index (χ0v) is 11.4. The number of thioether (sulfide) groups is 1. The molecule has 1 amide bonds. The van der Waals surface area contributed by atoms with Crippen molar-refractivity contribution in [2.24, 2.45) is 0 Å². The molecule has 1 aromatic rings. The molecule has 2 rings (SSSR count). The van der Waals surface area contributed by atoms with Gasteiger partial charge in [0.25, 0.3) is 0 Å². The van der Waals surface area contributed by atoms with E-state index < -0.39 is 5.60 Å². The van der Waals surface area contributed by atoms with Gasteiger partial charge in [-0.25, -0.2) is 0 Å². The molecule has 0 spiro atoms. The minimum Gasteiger partial charge on any atom is -0.383 e. The van der Waals surface area contributed by atoms with Crippen LogP contribution >= 0.6 is 11.8 Å². The number of hydrogen-bond donors (Lipinski definition) is 1. The fourth-order valence-electron chi connectivity index (χ4n) is 2.34. The van der Waals surface area contributed by atoms with Gasteiger partial charge in [0.2, 0.25) is 5.91 Å². The van der Waals surface area contributed by atoms with Crippen molar-refractivity contribution in [3.8, 4) is 0 Å². The molecule has 1 N–H and O–H groups in total. The molecule has 3 nitrogen and oxygen atoms in total. The lowest BCUT2D eigenvalue weighted by molar-refractivity contribution is -0.130. The molecule has 18 heavy (non-hydrogen) atoms. The van der Waals surface area contributed by atoms with Gasteiger partial charge in [-0.3, -0.25) is 4.79 Å². The molecule has 0 unspecified atom stereocenters. The normalized spacial score (nSPS) is 23.3. The molecule has 0 aromatic heterocycles. The first-order chi connectivity index (χ1) is 8.65. The summed E-state index contributed by atoms with van der Waals surface area (Å²) in [7, 11) is 0. The predicted octanol–water partition coefficient (Wildman–Crippen LogP) is 1.86. The number of carbonyl (C=O) groups excluding carboxylic acids is 1. The molecule has 4 heteroatoms. The van der Waals surface area contributed by atoms with Crippen LogP contribution in [0.4, 0.5) is 0 Å². The molecular weight excluding hydrogens is 246 g/mol. The molecule has 1 atom stereocenters. The number of carbonyl (C=O) groups is 1.